The lowest BCUT2D eigenvalue weighted by molar-refractivity contribution is 0.394. The van der Waals surface area contributed by atoms with Crippen LogP contribution in [0.4, 0.5) is 10.2 Å². The predicted molar refractivity (Wildman–Crippen MR) is 60.8 cm³/mol. The maximum Gasteiger partial charge on any atom is 0.186 e. The molecule has 0 bridgehead atoms. The quantitative estimate of drug-likeness (QED) is 0.799. The zero-order chi connectivity index (χ0) is 11.5. The molecule has 0 spiro atoms. The molecule has 0 aliphatic carbocycles. The second kappa shape index (κ2) is 4.74. The van der Waals surface area contributed by atoms with Crippen LogP contribution in [0.15, 0.2) is 6.33 Å². The molecule has 0 aromatic carbocycles. The molecule has 1 aromatic heterocycles. The van der Waals surface area contributed by atoms with Crippen molar-refractivity contribution in [2.24, 2.45) is 0 Å². The molecule has 1 saturated heterocycles. The van der Waals surface area contributed by atoms with E-state index in [-0.39, 0.29) is 5.82 Å². The lowest BCUT2D eigenvalue weighted by Crippen LogP contribution is -2.41. The van der Waals surface area contributed by atoms with Crippen LogP contribution in [0.5, 0.6) is 0 Å². The normalized spacial score (nSPS) is 25.4. The number of halogens is 1. The van der Waals surface area contributed by atoms with E-state index in [0.717, 1.165) is 19.4 Å². The second-order valence-corrected chi connectivity index (χ2v) is 4.34. The van der Waals surface area contributed by atoms with Gasteiger partial charge in [0.05, 0.1) is 5.69 Å². The van der Waals surface area contributed by atoms with Crippen LogP contribution in [-0.2, 0) is 0 Å². The number of nitrogens with zero attached hydrogens (tertiary/aromatic N) is 2. The van der Waals surface area contributed by atoms with Crippen LogP contribution in [0.1, 0.15) is 25.5 Å². The number of aryl methyl sites for hydroxylation is 1. The molecule has 1 aliphatic heterocycles. The van der Waals surface area contributed by atoms with Gasteiger partial charge in [0.15, 0.2) is 11.6 Å². The van der Waals surface area contributed by atoms with E-state index < -0.39 is 0 Å². The monoisotopic (exact) mass is 224 g/mol. The number of hydrogen-bond donors (Lipinski definition) is 2. The van der Waals surface area contributed by atoms with Crippen molar-refractivity contribution < 1.29 is 4.39 Å². The summed E-state index contributed by atoms with van der Waals surface area (Å²) in [7, 11) is 0. The summed E-state index contributed by atoms with van der Waals surface area (Å²) < 4.78 is 13.7. The average molecular weight is 224 g/mol. The van der Waals surface area contributed by atoms with Gasteiger partial charge in [-0.05, 0) is 33.2 Å². The molecule has 2 atom stereocenters. The number of rotatable bonds is 2. The zero-order valence-electron chi connectivity index (χ0n) is 9.63. The summed E-state index contributed by atoms with van der Waals surface area (Å²) in [5, 5.41) is 6.51. The van der Waals surface area contributed by atoms with Crippen molar-refractivity contribution in [1.29, 1.82) is 0 Å². The molecule has 2 heterocycles. The molecule has 16 heavy (non-hydrogen) atoms. The van der Waals surface area contributed by atoms with Crippen molar-refractivity contribution in [3.63, 3.8) is 0 Å². The first-order valence-corrected chi connectivity index (χ1v) is 5.64. The number of aromatic nitrogens is 2. The predicted octanol–water partition coefficient (Wildman–Crippen LogP) is 1.48. The van der Waals surface area contributed by atoms with Crippen LogP contribution in [0, 0.1) is 12.7 Å². The Hall–Kier alpha value is -1.23. The fourth-order valence-electron chi connectivity index (χ4n) is 2.01. The molecule has 0 amide bonds. The largest absolute Gasteiger partial charge is 0.365 e. The van der Waals surface area contributed by atoms with E-state index in [1.54, 1.807) is 6.92 Å². The van der Waals surface area contributed by atoms with Crippen molar-refractivity contribution in [3.05, 3.63) is 17.8 Å². The SMILES string of the molecule is Cc1ncnc(NC2CCNC(C)C2)c1F. The van der Waals surface area contributed by atoms with Crippen LogP contribution in [0.25, 0.3) is 0 Å². The van der Waals surface area contributed by atoms with Crippen molar-refractivity contribution in [1.82, 2.24) is 15.3 Å². The Balaban J connectivity index is 2.05. The van der Waals surface area contributed by atoms with Gasteiger partial charge in [-0.2, -0.15) is 0 Å². The topological polar surface area (TPSA) is 49.8 Å². The van der Waals surface area contributed by atoms with E-state index in [4.69, 9.17) is 0 Å². The lowest BCUT2D eigenvalue weighted by atomic mass is 10.0. The highest BCUT2D eigenvalue weighted by Crippen LogP contribution is 2.17. The maximum absolute atomic E-state index is 13.7. The molecule has 2 rings (SSSR count). The molecule has 2 N–H and O–H groups in total. The van der Waals surface area contributed by atoms with E-state index in [2.05, 4.69) is 27.5 Å². The van der Waals surface area contributed by atoms with Crippen LogP contribution in [0.2, 0.25) is 0 Å². The van der Waals surface area contributed by atoms with Gasteiger partial charge in [-0.25, -0.2) is 14.4 Å². The Kier molecular flexibility index (Phi) is 3.33. The fraction of sp³-hybridized carbons (Fsp3) is 0.636. The van der Waals surface area contributed by atoms with Crippen molar-refractivity contribution in [3.8, 4) is 0 Å². The highest BCUT2D eigenvalue weighted by atomic mass is 19.1. The van der Waals surface area contributed by atoms with Crippen LogP contribution in [-0.4, -0.2) is 28.6 Å². The highest BCUT2D eigenvalue weighted by molar-refractivity contribution is 5.38. The van der Waals surface area contributed by atoms with Gasteiger partial charge in [-0.15, -0.1) is 0 Å². The van der Waals surface area contributed by atoms with Gasteiger partial charge < -0.3 is 10.6 Å². The summed E-state index contributed by atoms with van der Waals surface area (Å²) in [6, 6.07) is 0.761. The van der Waals surface area contributed by atoms with Crippen molar-refractivity contribution >= 4 is 5.82 Å². The Morgan fingerprint density at radius 2 is 2.31 bits per heavy atom. The van der Waals surface area contributed by atoms with Gasteiger partial charge in [-0.3, -0.25) is 0 Å². The van der Waals surface area contributed by atoms with E-state index >= 15 is 0 Å². The molecule has 1 aliphatic rings. The Morgan fingerprint density at radius 3 is 3.06 bits per heavy atom. The van der Waals surface area contributed by atoms with E-state index in [1.165, 1.54) is 6.33 Å². The first kappa shape index (κ1) is 11.3. The number of anilines is 1. The highest BCUT2D eigenvalue weighted by Gasteiger charge is 2.19. The summed E-state index contributed by atoms with van der Waals surface area (Å²) >= 11 is 0. The molecule has 2 unspecified atom stereocenters. The standard InChI is InChI=1S/C11H17FN4/c1-7-5-9(3-4-13-7)16-11-10(12)8(2)14-6-15-11/h6-7,9,13H,3-5H2,1-2H3,(H,14,15,16). The number of hydrogen-bond acceptors (Lipinski definition) is 4. The second-order valence-electron chi connectivity index (χ2n) is 4.34. The summed E-state index contributed by atoms with van der Waals surface area (Å²) in [6.07, 6.45) is 3.38. The maximum atomic E-state index is 13.7. The van der Waals surface area contributed by atoms with Crippen molar-refractivity contribution in [2.75, 3.05) is 11.9 Å². The third-order valence-corrected chi connectivity index (χ3v) is 2.93. The Morgan fingerprint density at radius 1 is 1.50 bits per heavy atom. The summed E-state index contributed by atoms with van der Waals surface area (Å²) in [5.74, 6) is -0.0136. The molecule has 4 nitrogen and oxygen atoms in total. The number of piperidine rings is 1. The summed E-state index contributed by atoms with van der Waals surface area (Å²) in [6.45, 7) is 4.74. The van der Waals surface area contributed by atoms with Gasteiger partial charge in [0.2, 0.25) is 0 Å². The molecule has 0 saturated carbocycles. The van der Waals surface area contributed by atoms with Gasteiger partial charge in [0.25, 0.3) is 0 Å². The Labute approximate surface area is 94.7 Å². The molecule has 0 radical (unpaired) electrons. The minimum atomic E-state index is -0.339. The first-order valence-electron chi connectivity index (χ1n) is 5.64. The minimum Gasteiger partial charge on any atom is -0.365 e. The molecule has 1 fully saturated rings. The summed E-state index contributed by atoms with van der Waals surface area (Å²) in [5.41, 5.74) is 0.388. The van der Waals surface area contributed by atoms with E-state index in [0.29, 0.717) is 23.6 Å². The lowest BCUT2D eigenvalue weighted by Gasteiger charge is -2.29. The third-order valence-electron chi connectivity index (χ3n) is 2.93. The van der Waals surface area contributed by atoms with Gasteiger partial charge in [-0.1, -0.05) is 0 Å². The van der Waals surface area contributed by atoms with Crippen LogP contribution < -0.4 is 10.6 Å². The fourth-order valence-corrected chi connectivity index (χ4v) is 2.01. The molecule has 88 valence electrons. The molecular formula is C11H17FN4. The van der Waals surface area contributed by atoms with Crippen LogP contribution >= 0.6 is 0 Å². The van der Waals surface area contributed by atoms with Crippen molar-refractivity contribution in [2.45, 2.75) is 38.8 Å². The first-order chi connectivity index (χ1) is 7.66. The molecule has 5 heteroatoms. The van der Waals surface area contributed by atoms with Gasteiger partial charge in [0.1, 0.15) is 6.33 Å². The van der Waals surface area contributed by atoms with E-state index in [1.807, 2.05) is 0 Å². The molecular weight excluding hydrogens is 207 g/mol. The van der Waals surface area contributed by atoms with Gasteiger partial charge >= 0.3 is 0 Å². The van der Waals surface area contributed by atoms with E-state index in [9.17, 15) is 4.39 Å². The van der Waals surface area contributed by atoms with Gasteiger partial charge in [0, 0.05) is 12.1 Å². The number of nitrogens with one attached hydrogen (secondary N) is 2. The smallest absolute Gasteiger partial charge is 0.186 e. The zero-order valence-corrected chi connectivity index (χ0v) is 9.63. The minimum absolute atomic E-state index is 0.292. The Bertz CT molecular complexity index is 369. The average Bonchev–Trinajstić information content (AvgIpc) is 2.25. The van der Waals surface area contributed by atoms with Crippen LogP contribution in [0.3, 0.4) is 0 Å². The summed E-state index contributed by atoms with van der Waals surface area (Å²) in [4.78, 5) is 7.75. The third kappa shape index (κ3) is 2.47. The molecule has 1 aromatic rings.